The predicted molar refractivity (Wildman–Crippen MR) is 82.7 cm³/mol. The minimum Gasteiger partial charge on any atom is -0.361 e. The molecule has 1 saturated carbocycles. The second kappa shape index (κ2) is 4.80. The van der Waals surface area contributed by atoms with Crippen LogP contribution in [0, 0.1) is 0 Å². The van der Waals surface area contributed by atoms with Crippen molar-refractivity contribution in [2.45, 2.75) is 24.9 Å². The summed E-state index contributed by atoms with van der Waals surface area (Å²) in [5.41, 5.74) is 4.04. The van der Waals surface area contributed by atoms with Crippen LogP contribution in [0.25, 0.3) is 10.9 Å². The molecule has 2 atom stereocenters. The van der Waals surface area contributed by atoms with E-state index in [1.807, 2.05) is 0 Å². The van der Waals surface area contributed by atoms with Crippen molar-refractivity contribution in [2.24, 2.45) is 0 Å². The van der Waals surface area contributed by atoms with E-state index in [1.54, 1.807) is 0 Å². The molecule has 1 aliphatic carbocycles. The molecule has 1 heterocycles. The molecule has 2 heteroatoms. The number of H-pyrrole nitrogens is 1. The van der Waals surface area contributed by atoms with Gasteiger partial charge in [0.25, 0.3) is 0 Å². The molecule has 100 valence electrons. The number of hydrogen-bond donors (Lipinski definition) is 2. The van der Waals surface area contributed by atoms with Gasteiger partial charge >= 0.3 is 0 Å². The van der Waals surface area contributed by atoms with Gasteiger partial charge in [-0.1, -0.05) is 48.5 Å². The maximum absolute atomic E-state index is 3.68. The van der Waals surface area contributed by atoms with Crippen molar-refractivity contribution in [3.05, 3.63) is 71.9 Å². The van der Waals surface area contributed by atoms with Gasteiger partial charge in [-0.15, -0.1) is 0 Å². The largest absolute Gasteiger partial charge is 0.361 e. The summed E-state index contributed by atoms with van der Waals surface area (Å²) < 4.78 is 0. The van der Waals surface area contributed by atoms with Gasteiger partial charge in [0, 0.05) is 35.6 Å². The number of nitrogens with one attached hydrogen (secondary N) is 2. The highest BCUT2D eigenvalue weighted by atomic mass is 15.0. The highest BCUT2D eigenvalue weighted by molar-refractivity contribution is 5.82. The van der Waals surface area contributed by atoms with Crippen LogP contribution in [0.5, 0.6) is 0 Å². The SMILES string of the molecule is c1ccc(C2C[C@@H]2NCc2c[nH]c3ccccc23)cc1. The van der Waals surface area contributed by atoms with E-state index in [2.05, 4.69) is 71.1 Å². The monoisotopic (exact) mass is 262 g/mol. The standard InChI is InChI=1S/C18H18N2/c1-2-6-13(7-3-1)16-10-18(16)20-12-14-11-19-17-9-5-4-8-15(14)17/h1-9,11,16,18-20H,10,12H2/t16?,18-/m0/s1. The molecule has 2 aromatic carbocycles. The van der Waals surface area contributed by atoms with Gasteiger partial charge in [-0.2, -0.15) is 0 Å². The molecule has 2 N–H and O–H groups in total. The highest BCUT2D eigenvalue weighted by Gasteiger charge is 2.37. The quantitative estimate of drug-likeness (QED) is 0.735. The number of fused-ring (bicyclic) bond motifs is 1. The molecule has 1 aliphatic rings. The van der Waals surface area contributed by atoms with Crippen LogP contribution in [0.3, 0.4) is 0 Å². The molecule has 0 aliphatic heterocycles. The van der Waals surface area contributed by atoms with Crippen molar-refractivity contribution < 1.29 is 0 Å². The minimum absolute atomic E-state index is 0.631. The van der Waals surface area contributed by atoms with Crippen molar-refractivity contribution in [1.29, 1.82) is 0 Å². The van der Waals surface area contributed by atoms with Gasteiger partial charge in [0.15, 0.2) is 0 Å². The van der Waals surface area contributed by atoms with Gasteiger partial charge in [0.2, 0.25) is 0 Å². The number of benzene rings is 2. The second-order valence-electron chi connectivity index (χ2n) is 5.60. The molecule has 0 saturated heterocycles. The molecule has 0 amide bonds. The van der Waals surface area contributed by atoms with E-state index in [1.165, 1.54) is 28.5 Å². The van der Waals surface area contributed by atoms with Crippen LogP contribution in [-0.2, 0) is 6.54 Å². The third-order valence-electron chi connectivity index (χ3n) is 4.25. The first kappa shape index (κ1) is 11.7. The molecule has 2 nitrogen and oxygen atoms in total. The first-order chi connectivity index (χ1) is 9.92. The average molecular weight is 262 g/mol. The number of aromatic amines is 1. The van der Waals surface area contributed by atoms with Gasteiger partial charge in [-0.05, 0) is 23.6 Å². The Morgan fingerprint density at radius 2 is 1.80 bits per heavy atom. The lowest BCUT2D eigenvalue weighted by atomic mass is 10.1. The zero-order valence-electron chi connectivity index (χ0n) is 11.3. The summed E-state index contributed by atoms with van der Waals surface area (Å²) in [4.78, 5) is 3.34. The number of para-hydroxylation sites is 1. The van der Waals surface area contributed by atoms with Crippen LogP contribution in [0.15, 0.2) is 60.8 Å². The topological polar surface area (TPSA) is 27.8 Å². The lowest BCUT2D eigenvalue weighted by Gasteiger charge is -2.04. The number of hydrogen-bond acceptors (Lipinski definition) is 1. The van der Waals surface area contributed by atoms with Gasteiger partial charge < -0.3 is 10.3 Å². The number of aromatic nitrogens is 1. The molecule has 1 fully saturated rings. The van der Waals surface area contributed by atoms with E-state index in [4.69, 9.17) is 0 Å². The normalized spacial score (nSPS) is 21.2. The molecule has 20 heavy (non-hydrogen) atoms. The molecule has 3 aromatic rings. The van der Waals surface area contributed by atoms with E-state index in [0.29, 0.717) is 12.0 Å². The Bertz CT molecular complexity index is 714. The smallest absolute Gasteiger partial charge is 0.0457 e. The third-order valence-corrected chi connectivity index (χ3v) is 4.25. The van der Waals surface area contributed by atoms with Crippen molar-refractivity contribution in [3.8, 4) is 0 Å². The molecular formula is C18H18N2. The lowest BCUT2D eigenvalue weighted by molar-refractivity contribution is 0.675. The van der Waals surface area contributed by atoms with Crippen LogP contribution < -0.4 is 5.32 Å². The van der Waals surface area contributed by atoms with Gasteiger partial charge in [-0.3, -0.25) is 0 Å². The zero-order valence-corrected chi connectivity index (χ0v) is 11.3. The number of rotatable bonds is 4. The summed E-state index contributed by atoms with van der Waals surface area (Å²) >= 11 is 0. The molecule has 0 radical (unpaired) electrons. The summed E-state index contributed by atoms with van der Waals surface area (Å²) in [7, 11) is 0. The van der Waals surface area contributed by atoms with Crippen LogP contribution in [0.4, 0.5) is 0 Å². The van der Waals surface area contributed by atoms with Crippen molar-refractivity contribution in [1.82, 2.24) is 10.3 Å². The Labute approximate surface area is 118 Å². The average Bonchev–Trinajstić information content (AvgIpc) is 3.18. The summed E-state index contributed by atoms with van der Waals surface area (Å²) in [6, 6.07) is 19.9. The predicted octanol–water partition coefficient (Wildman–Crippen LogP) is 3.81. The Balaban J connectivity index is 1.43. The van der Waals surface area contributed by atoms with Crippen molar-refractivity contribution in [2.75, 3.05) is 0 Å². The van der Waals surface area contributed by atoms with Gasteiger partial charge in [0.1, 0.15) is 0 Å². The molecule has 0 bridgehead atoms. The molecule has 4 rings (SSSR count). The molecular weight excluding hydrogens is 244 g/mol. The highest BCUT2D eigenvalue weighted by Crippen LogP contribution is 2.40. The summed E-state index contributed by atoms with van der Waals surface area (Å²) in [6.07, 6.45) is 3.38. The Morgan fingerprint density at radius 3 is 2.70 bits per heavy atom. The van der Waals surface area contributed by atoms with Gasteiger partial charge in [-0.25, -0.2) is 0 Å². The maximum Gasteiger partial charge on any atom is 0.0457 e. The van der Waals surface area contributed by atoms with Crippen LogP contribution in [-0.4, -0.2) is 11.0 Å². The third kappa shape index (κ3) is 2.12. The van der Waals surface area contributed by atoms with E-state index >= 15 is 0 Å². The summed E-state index contributed by atoms with van der Waals surface area (Å²) in [6.45, 7) is 0.942. The Morgan fingerprint density at radius 1 is 1.00 bits per heavy atom. The van der Waals surface area contributed by atoms with Crippen molar-refractivity contribution >= 4 is 10.9 Å². The fraction of sp³-hybridized carbons (Fsp3) is 0.222. The first-order valence-electron chi connectivity index (χ1n) is 7.25. The zero-order chi connectivity index (χ0) is 13.4. The van der Waals surface area contributed by atoms with Crippen LogP contribution >= 0.6 is 0 Å². The molecule has 0 spiro atoms. The molecule has 1 aromatic heterocycles. The van der Waals surface area contributed by atoms with E-state index in [-0.39, 0.29) is 0 Å². The van der Waals surface area contributed by atoms with E-state index < -0.39 is 0 Å². The molecule has 1 unspecified atom stereocenters. The minimum atomic E-state index is 0.631. The Kier molecular flexibility index (Phi) is 2.82. The van der Waals surface area contributed by atoms with Crippen LogP contribution in [0.2, 0.25) is 0 Å². The second-order valence-corrected chi connectivity index (χ2v) is 5.60. The summed E-state index contributed by atoms with van der Waals surface area (Å²) in [5.74, 6) is 0.696. The van der Waals surface area contributed by atoms with Crippen LogP contribution in [0.1, 0.15) is 23.5 Å². The summed E-state index contributed by atoms with van der Waals surface area (Å²) in [5, 5.41) is 5.01. The maximum atomic E-state index is 3.68. The van der Waals surface area contributed by atoms with E-state index in [9.17, 15) is 0 Å². The van der Waals surface area contributed by atoms with Crippen molar-refractivity contribution in [3.63, 3.8) is 0 Å². The first-order valence-corrected chi connectivity index (χ1v) is 7.25. The van der Waals surface area contributed by atoms with E-state index in [0.717, 1.165) is 6.54 Å². The Hall–Kier alpha value is -2.06. The lowest BCUT2D eigenvalue weighted by Crippen LogP contribution is -2.16. The fourth-order valence-corrected chi connectivity index (χ4v) is 3.01. The fourth-order valence-electron chi connectivity index (χ4n) is 3.01. The van der Waals surface area contributed by atoms with Gasteiger partial charge in [0.05, 0.1) is 0 Å².